The predicted octanol–water partition coefficient (Wildman–Crippen LogP) is 2.21. The number of ether oxygens (including phenoxy) is 1. The lowest BCUT2D eigenvalue weighted by molar-refractivity contribution is -0.333. The minimum absolute atomic E-state index is 0.167. The second-order valence-electron chi connectivity index (χ2n) is 4.11. The van der Waals surface area contributed by atoms with Crippen molar-refractivity contribution < 1.29 is 28.2 Å². The van der Waals surface area contributed by atoms with Gasteiger partial charge in [-0.3, -0.25) is 0 Å². The zero-order valence-electron chi connectivity index (χ0n) is 9.32. The third-order valence-electron chi connectivity index (χ3n) is 2.70. The Morgan fingerprint density at radius 1 is 1.39 bits per heavy atom. The van der Waals surface area contributed by atoms with Crippen molar-refractivity contribution in [2.75, 3.05) is 0 Å². The summed E-state index contributed by atoms with van der Waals surface area (Å²) in [6.07, 6.45) is -5.94. The first-order chi connectivity index (χ1) is 8.27. The van der Waals surface area contributed by atoms with E-state index in [0.717, 1.165) is 5.56 Å². The Bertz CT molecular complexity index is 513. The molecule has 0 bridgehead atoms. The van der Waals surface area contributed by atoms with Gasteiger partial charge in [0.15, 0.2) is 0 Å². The Morgan fingerprint density at radius 2 is 2.06 bits per heavy atom. The van der Waals surface area contributed by atoms with Crippen LogP contribution in [0.5, 0.6) is 5.75 Å². The molecule has 1 aromatic rings. The van der Waals surface area contributed by atoms with E-state index >= 15 is 0 Å². The molecule has 1 aromatic carbocycles. The second-order valence-corrected chi connectivity index (χ2v) is 4.11. The van der Waals surface area contributed by atoms with Gasteiger partial charge in [0.25, 0.3) is 0 Å². The summed E-state index contributed by atoms with van der Waals surface area (Å²) < 4.78 is 42.7. The molecule has 0 aromatic heterocycles. The van der Waals surface area contributed by atoms with E-state index < -0.39 is 18.4 Å². The Hall–Kier alpha value is -1.76. The van der Waals surface area contributed by atoms with Crippen LogP contribution in [0, 0.1) is 6.92 Å². The highest BCUT2D eigenvalue weighted by Crippen LogP contribution is 2.41. The molecule has 0 amide bonds. The van der Waals surface area contributed by atoms with E-state index in [0.29, 0.717) is 0 Å². The van der Waals surface area contributed by atoms with E-state index in [4.69, 9.17) is 5.21 Å². The Labute approximate surface area is 100 Å². The third kappa shape index (κ3) is 1.90. The van der Waals surface area contributed by atoms with Crippen LogP contribution in [0.1, 0.15) is 17.5 Å². The van der Waals surface area contributed by atoms with Gasteiger partial charge in [0, 0.05) is 5.56 Å². The van der Waals surface area contributed by atoms with Gasteiger partial charge in [0.05, 0.1) is 12.1 Å². The first-order valence-electron chi connectivity index (χ1n) is 5.07. The Balaban J connectivity index is 2.54. The van der Waals surface area contributed by atoms with Crippen molar-refractivity contribution >= 4 is 5.71 Å². The number of benzene rings is 1. The normalized spacial score (nSPS) is 25.7. The fourth-order valence-corrected chi connectivity index (χ4v) is 1.75. The van der Waals surface area contributed by atoms with Crippen molar-refractivity contribution in [2.24, 2.45) is 5.16 Å². The molecule has 0 saturated carbocycles. The molecule has 7 heteroatoms. The fourth-order valence-electron chi connectivity index (χ4n) is 1.75. The molecule has 1 aliphatic rings. The SMILES string of the molecule is Cc1ccc2c(c1)C(=NO)C[C@](O)(C(F)(F)F)O2. The first-order valence-corrected chi connectivity index (χ1v) is 5.07. The van der Waals surface area contributed by atoms with Crippen molar-refractivity contribution in [3.8, 4) is 5.75 Å². The monoisotopic (exact) mass is 261 g/mol. The van der Waals surface area contributed by atoms with Crippen LogP contribution in [0.3, 0.4) is 0 Å². The molecule has 0 aliphatic carbocycles. The van der Waals surface area contributed by atoms with E-state index in [9.17, 15) is 18.3 Å². The molecule has 2 N–H and O–H groups in total. The van der Waals surface area contributed by atoms with Crippen LogP contribution in [-0.4, -0.2) is 28.0 Å². The minimum atomic E-state index is -4.98. The number of oxime groups is 1. The molecular weight excluding hydrogens is 251 g/mol. The number of rotatable bonds is 0. The van der Waals surface area contributed by atoms with Gasteiger partial charge in [0.1, 0.15) is 5.75 Å². The summed E-state index contributed by atoms with van der Waals surface area (Å²) in [5, 5.41) is 21.1. The predicted molar refractivity (Wildman–Crippen MR) is 55.8 cm³/mol. The molecule has 1 atom stereocenters. The average molecular weight is 261 g/mol. The van der Waals surface area contributed by atoms with Gasteiger partial charge in [-0.15, -0.1) is 0 Å². The van der Waals surface area contributed by atoms with Crippen LogP contribution in [0.25, 0.3) is 0 Å². The summed E-state index contributed by atoms with van der Waals surface area (Å²) in [7, 11) is 0. The fraction of sp³-hybridized carbons (Fsp3) is 0.364. The van der Waals surface area contributed by atoms with Crippen LogP contribution in [0.15, 0.2) is 23.4 Å². The first kappa shape index (κ1) is 12.7. The molecule has 1 heterocycles. The Kier molecular flexibility index (Phi) is 2.73. The number of nitrogens with zero attached hydrogens (tertiary/aromatic N) is 1. The van der Waals surface area contributed by atoms with Gasteiger partial charge in [-0.25, -0.2) is 0 Å². The lowest BCUT2D eigenvalue weighted by Gasteiger charge is -2.35. The molecule has 0 unspecified atom stereocenters. The van der Waals surface area contributed by atoms with Gasteiger partial charge < -0.3 is 15.1 Å². The summed E-state index contributed by atoms with van der Waals surface area (Å²) in [6, 6.07) is 4.36. The molecule has 0 radical (unpaired) electrons. The topological polar surface area (TPSA) is 62.1 Å². The zero-order valence-corrected chi connectivity index (χ0v) is 9.32. The van der Waals surface area contributed by atoms with Crippen molar-refractivity contribution in [2.45, 2.75) is 25.3 Å². The number of aryl methyl sites for hydroxylation is 1. The van der Waals surface area contributed by atoms with Gasteiger partial charge in [-0.2, -0.15) is 13.2 Å². The molecule has 2 rings (SSSR count). The lowest BCUT2D eigenvalue weighted by Crippen LogP contribution is -2.54. The quantitative estimate of drug-likeness (QED) is 0.556. The number of hydrogen-bond donors (Lipinski definition) is 2. The molecule has 4 nitrogen and oxygen atoms in total. The van der Waals surface area contributed by atoms with Crippen LogP contribution in [0.2, 0.25) is 0 Å². The molecule has 1 aliphatic heterocycles. The zero-order chi connectivity index (χ0) is 13.6. The summed E-state index contributed by atoms with van der Waals surface area (Å²) in [5.74, 6) is -3.53. The highest BCUT2D eigenvalue weighted by Gasteiger charge is 2.59. The van der Waals surface area contributed by atoms with Gasteiger partial charge >= 0.3 is 12.0 Å². The molecule has 0 fully saturated rings. The van der Waals surface area contributed by atoms with Crippen molar-refractivity contribution in [3.63, 3.8) is 0 Å². The van der Waals surface area contributed by atoms with Crippen LogP contribution < -0.4 is 4.74 Å². The molecule has 98 valence electrons. The largest absolute Gasteiger partial charge is 0.455 e. The highest BCUT2D eigenvalue weighted by atomic mass is 19.4. The van der Waals surface area contributed by atoms with E-state index in [1.807, 2.05) is 0 Å². The lowest BCUT2D eigenvalue weighted by atomic mass is 9.96. The summed E-state index contributed by atoms with van der Waals surface area (Å²) in [4.78, 5) is 0. The van der Waals surface area contributed by atoms with Crippen molar-refractivity contribution in [3.05, 3.63) is 29.3 Å². The van der Waals surface area contributed by atoms with Gasteiger partial charge in [-0.1, -0.05) is 16.8 Å². The molecular formula is C11H10F3NO3. The molecule has 0 spiro atoms. The number of fused-ring (bicyclic) bond motifs is 1. The van der Waals surface area contributed by atoms with E-state index in [1.54, 1.807) is 6.92 Å². The summed E-state index contributed by atoms with van der Waals surface area (Å²) >= 11 is 0. The number of halogens is 3. The molecule has 18 heavy (non-hydrogen) atoms. The van der Waals surface area contributed by atoms with Gasteiger partial charge in [-0.05, 0) is 19.1 Å². The minimum Gasteiger partial charge on any atom is -0.452 e. The average Bonchev–Trinajstić information content (AvgIpc) is 2.27. The van der Waals surface area contributed by atoms with Crippen LogP contribution in [0.4, 0.5) is 13.2 Å². The van der Waals surface area contributed by atoms with Crippen molar-refractivity contribution in [1.29, 1.82) is 0 Å². The Morgan fingerprint density at radius 3 is 2.61 bits per heavy atom. The maximum atomic E-state index is 12.7. The standard InChI is InChI=1S/C11H10F3NO3/c1-6-2-3-9-7(4-6)8(15-17)5-10(16,18-9)11(12,13)14/h2-4,16-17H,5H2,1H3/t10-/m1/s1. The van der Waals surface area contributed by atoms with Gasteiger partial charge in [0.2, 0.25) is 0 Å². The number of aliphatic hydroxyl groups is 1. The number of alkyl halides is 3. The maximum absolute atomic E-state index is 12.7. The third-order valence-corrected chi connectivity index (χ3v) is 2.70. The van der Waals surface area contributed by atoms with Crippen molar-refractivity contribution in [1.82, 2.24) is 0 Å². The summed E-state index contributed by atoms with van der Waals surface area (Å²) in [6.45, 7) is 1.74. The second kappa shape index (κ2) is 3.88. The van der Waals surface area contributed by atoms with Crippen LogP contribution in [-0.2, 0) is 0 Å². The maximum Gasteiger partial charge on any atom is 0.455 e. The van der Waals surface area contributed by atoms with E-state index in [2.05, 4.69) is 9.89 Å². The number of hydrogen-bond acceptors (Lipinski definition) is 4. The summed E-state index contributed by atoms with van der Waals surface area (Å²) in [5.41, 5.74) is 0.752. The van der Waals surface area contributed by atoms with E-state index in [-0.39, 0.29) is 17.0 Å². The van der Waals surface area contributed by atoms with E-state index in [1.165, 1.54) is 18.2 Å². The highest BCUT2D eigenvalue weighted by molar-refractivity contribution is 6.04. The van der Waals surface area contributed by atoms with Crippen LogP contribution >= 0.6 is 0 Å². The molecule has 0 saturated heterocycles. The smallest absolute Gasteiger partial charge is 0.452 e.